The van der Waals surface area contributed by atoms with Crippen molar-refractivity contribution >= 4 is 46.6 Å². The van der Waals surface area contributed by atoms with Crippen molar-refractivity contribution in [1.29, 1.82) is 0 Å². The van der Waals surface area contributed by atoms with E-state index in [1.54, 1.807) is 0 Å². The van der Waals surface area contributed by atoms with Crippen LogP contribution in [-0.2, 0) is 0 Å². The highest BCUT2D eigenvalue weighted by atomic mass is 15.2. The minimum absolute atomic E-state index is 0.0845. The van der Waals surface area contributed by atoms with Gasteiger partial charge in [-0.2, -0.15) is 0 Å². The number of anilines is 4. The molecular weight excluding hydrogens is 576 g/mol. The van der Waals surface area contributed by atoms with E-state index in [-0.39, 0.29) is 48.3 Å². The van der Waals surface area contributed by atoms with Crippen molar-refractivity contribution < 1.29 is 0 Å². The average molecular weight is 643 g/mol. The summed E-state index contributed by atoms with van der Waals surface area (Å²) in [4.78, 5) is 19.4. The maximum absolute atomic E-state index is 4.85. The van der Waals surface area contributed by atoms with Gasteiger partial charge in [-0.05, 0) is 123 Å². The Morgan fingerprint density at radius 3 is 0.652 bits per heavy atom. The van der Waals surface area contributed by atoms with E-state index in [2.05, 4.69) is 165 Å². The normalized spacial score (nSPS) is 13.6. The van der Waals surface area contributed by atoms with Crippen molar-refractivity contribution in [2.24, 2.45) is 20.0 Å². The standard InChI is InChI=1S/C34H66N12/c1-19(2)35-31(36-20(3)4)43-27-17-29(45-33(39-23(9)10)40-24(11)12)30(46-34(41-25(13)14)42-26(15)16)18-28(27)44-32(37-21(5)6)38-22(7)8/h17-26H,1-16H3,(H2,35,36,43)(H2,37,38,44)(H2,39,40,45)(H2,41,42,46). The Morgan fingerprint density at radius 1 is 0.348 bits per heavy atom. The van der Waals surface area contributed by atoms with Crippen LogP contribution < -0.4 is 42.5 Å². The summed E-state index contributed by atoms with van der Waals surface area (Å²) in [5, 5.41) is 28.2. The molecule has 0 atom stereocenters. The van der Waals surface area contributed by atoms with Gasteiger partial charge in [0.05, 0.1) is 22.7 Å². The summed E-state index contributed by atoms with van der Waals surface area (Å²) in [5.41, 5.74) is 3.20. The molecule has 46 heavy (non-hydrogen) atoms. The molecule has 8 N–H and O–H groups in total. The SMILES string of the molecule is CC(C)N=C(Nc1cc(NC(=NC(C)C)NC(C)C)c(NC(=NC(C)C)NC(C)C)cc1NC(=NC(C)C)NC(C)C)NC(C)C. The predicted octanol–water partition coefficient (Wildman–Crippen LogP) is 6.38. The van der Waals surface area contributed by atoms with Crippen LogP contribution in [0.15, 0.2) is 32.1 Å². The van der Waals surface area contributed by atoms with Crippen molar-refractivity contribution in [2.75, 3.05) is 21.3 Å². The first-order valence-electron chi connectivity index (χ1n) is 17.0. The zero-order valence-electron chi connectivity index (χ0n) is 31.6. The molecular formula is C34H66N12. The van der Waals surface area contributed by atoms with Gasteiger partial charge >= 0.3 is 0 Å². The van der Waals surface area contributed by atoms with E-state index >= 15 is 0 Å². The summed E-state index contributed by atoms with van der Waals surface area (Å²) >= 11 is 0. The van der Waals surface area contributed by atoms with Gasteiger partial charge in [-0.1, -0.05) is 0 Å². The smallest absolute Gasteiger partial charge is 0.196 e. The van der Waals surface area contributed by atoms with E-state index in [0.717, 1.165) is 22.7 Å². The van der Waals surface area contributed by atoms with E-state index in [4.69, 9.17) is 20.0 Å². The Hall–Kier alpha value is -3.70. The van der Waals surface area contributed by atoms with Crippen LogP contribution in [-0.4, -0.2) is 72.2 Å². The van der Waals surface area contributed by atoms with Crippen LogP contribution in [0, 0.1) is 0 Å². The lowest BCUT2D eigenvalue weighted by molar-refractivity contribution is 0.716. The highest BCUT2D eigenvalue weighted by Crippen LogP contribution is 2.34. The van der Waals surface area contributed by atoms with E-state index in [1.165, 1.54) is 0 Å². The molecule has 1 rings (SSSR count). The third-order valence-electron chi connectivity index (χ3n) is 5.42. The monoisotopic (exact) mass is 643 g/mol. The molecule has 0 aliphatic rings. The molecule has 0 fully saturated rings. The summed E-state index contributed by atoms with van der Waals surface area (Å²) in [5.74, 6) is 2.72. The van der Waals surface area contributed by atoms with Crippen molar-refractivity contribution in [3.8, 4) is 0 Å². The summed E-state index contributed by atoms with van der Waals surface area (Å²) in [6, 6.07) is 5.17. The van der Waals surface area contributed by atoms with E-state index in [9.17, 15) is 0 Å². The molecule has 262 valence electrons. The van der Waals surface area contributed by atoms with E-state index in [1.807, 2.05) is 0 Å². The van der Waals surface area contributed by atoms with Crippen molar-refractivity contribution in [2.45, 2.75) is 159 Å². The van der Waals surface area contributed by atoms with Crippen molar-refractivity contribution in [1.82, 2.24) is 21.3 Å². The number of hydrogen-bond acceptors (Lipinski definition) is 4. The zero-order chi connectivity index (χ0) is 35.1. The number of nitrogens with one attached hydrogen (secondary N) is 8. The second-order valence-electron chi connectivity index (χ2n) is 13.9. The minimum atomic E-state index is 0.0845. The molecule has 0 aromatic heterocycles. The molecule has 0 saturated carbocycles. The zero-order valence-corrected chi connectivity index (χ0v) is 31.6. The largest absolute Gasteiger partial charge is 0.354 e. The van der Waals surface area contributed by atoms with E-state index < -0.39 is 0 Å². The first-order valence-corrected chi connectivity index (χ1v) is 17.0. The van der Waals surface area contributed by atoms with Crippen LogP contribution >= 0.6 is 0 Å². The summed E-state index contributed by atoms with van der Waals surface area (Å²) in [6.07, 6.45) is 0. The molecule has 12 nitrogen and oxygen atoms in total. The second kappa shape index (κ2) is 19.7. The minimum Gasteiger partial charge on any atom is -0.354 e. The fourth-order valence-electron chi connectivity index (χ4n) is 4.07. The highest BCUT2D eigenvalue weighted by molar-refractivity contribution is 6.08. The number of nitrogens with zero attached hydrogens (tertiary/aromatic N) is 4. The topological polar surface area (TPSA) is 146 Å². The first kappa shape index (κ1) is 40.3. The molecule has 1 aromatic carbocycles. The summed E-state index contributed by atoms with van der Waals surface area (Å²) in [6.45, 7) is 33.3. The lowest BCUT2D eigenvalue weighted by Crippen LogP contribution is -2.39. The molecule has 0 radical (unpaired) electrons. The van der Waals surface area contributed by atoms with Gasteiger partial charge in [0.1, 0.15) is 0 Å². The van der Waals surface area contributed by atoms with Gasteiger partial charge in [-0.3, -0.25) is 20.0 Å². The van der Waals surface area contributed by atoms with E-state index in [0.29, 0.717) is 23.8 Å². The van der Waals surface area contributed by atoms with Crippen LogP contribution in [0.5, 0.6) is 0 Å². The number of benzene rings is 1. The molecule has 0 bridgehead atoms. The molecule has 0 aliphatic heterocycles. The van der Waals surface area contributed by atoms with Crippen molar-refractivity contribution in [3.63, 3.8) is 0 Å². The van der Waals surface area contributed by atoms with Gasteiger partial charge in [0.15, 0.2) is 23.8 Å². The number of guanidine groups is 4. The molecule has 1 aromatic rings. The predicted molar refractivity (Wildman–Crippen MR) is 204 cm³/mol. The third kappa shape index (κ3) is 17.1. The number of aliphatic imine (C=N–C) groups is 4. The van der Waals surface area contributed by atoms with Gasteiger partial charge in [-0.15, -0.1) is 0 Å². The van der Waals surface area contributed by atoms with Crippen LogP contribution in [0.2, 0.25) is 0 Å². The fourth-order valence-corrected chi connectivity index (χ4v) is 4.07. The van der Waals surface area contributed by atoms with Crippen LogP contribution in [0.4, 0.5) is 22.7 Å². The molecule has 0 spiro atoms. The highest BCUT2D eigenvalue weighted by Gasteiger charge is 2.18. The maximum Gasteiger partial charge on any atom is 0.196 e. The summed E-state index contributed by atoms with van der Waals surface area (Å²) < 4.78 is 0. The Morgan fingerprint density at radius 2 is 0.522 bits per heavy atom. The van der Waals surface area contributed by atoms with Crippen molar-refractivity contribution in [3.05, 3.63) is 12.1 Å². The Labute approximate surface area is 280 Å². The molecule has 0 amide bonds. The maximum atomic E-state index is 4.85. The molecule has 0 heterocycles. The van der Waals surface area contributed by atoms with Crippen LogP contribution in [0.3, 0.4) is 0 Å². The van der Waals surface area contributed by atoms with Gasteiger partial charge in [-0.25, -0.2) is 0 Å². The van der Waals surface area contributed by atoms with Gasteiger partial charge < -0.3 is 42.5 Å². The molecule has 0 saturated heterocycles. The molecule has 0 unspecified atom stereocenters. The summed E-state index contributed by atoms with van der Waals surface area (Å²) in [7, 11) is 0. The fraction of sp³-hybridized carbons (Fsp3) is 0.706. The Kier molecular flexibility index (Phi) is 17.3. The Bertz CT molecular complexity index is 997. The number of hydrogen-bond donors (Lipinski definition) is 8. The lowest BCUT2D eigenvalue weighted by Gasteiger charge is -2.25. The molecule has 12 heteroatoms. The first-order chi connectivity index (χ1) is 21.3. The van der Waals surface area contributed by atoms with Gasteiger partial charge in [0.2, 0.25) is 0 Å². The third-order valence-corrected chi connectivity index (χ3v) is 5.42. The van der Waals surface area contributed by atoms with Gasteiger partial charge in [0, 0.05) is 48.3 Å². The number of rotatable bonds is 12. The second-order valence-corrected chi connectivity index (χ2v) is 13.9. The quantitative estimate of drug-likeness (QED) is 0.0968. The van der Waals surface area contributed by atoms with Crippen LogP contribution in [0.25, 0.3) is 0 Å². The molecule has 0 aliphatic carbocycles. The van der Waals surface area contributed by atoms with Crippen LogP contribution in [0.1, 0.15) is 111 Å². The average Bonchev–Trinajstić information content (AvgIpc) is 2.83. The Balaban J connectivity index is 4.10. The van der Waals surface area contributed by atoms with Gasteiger partial charge in [0.25, 0.3) is 0 Å². The lowest BCUT2D eigenvalue weighted by atomic mass is 10.2.